The van der Waals surface area contributed by atoms with Crippen LogP contribution in [0.1, 0.15) is 41.0 Å². The Morgan fingerprint density at radius 3 is 3.00 bits per heavy atom. The fourth-order valence-electron chi connectivity index (χ4n) is 3.62. The first kappa shape index (κ1) is 18.4. The Balaban J connectivity index is 1.61. The van der Waals surface area contributed by atoms with Gasteiger partial charge in [-0.25, -0.2) is 4.98 Å². The molecule has 1 aliphatic carbocycles. The van der Waals surface area contributed by atoms with Crippen molar-refractivity contribution in [2.24, 2.45) is 0 Å². The summed E-state index contributed by atoms with van der Waals surface area (Å²) >= 11 is 0. The second kappa shape index (κ2) is 7.93. The molecule has 3 aromatic rings. The molecule has 0 unspecified atom stereocenters. The van der Waals surface area contributed by atoms with E-state index in [4.69, 9.17) is 4.74 Å². The van der Waals surface area contributed by atoms with Crippen LogP contribution in [0.2, 0.25) is 0 Å². The molecule has 2 aromatic heterocycles. The number of benzene rings is 1. The molecule has 28 heavy (non-hydrogen) atoms. The van der Waals surface area contributed by atoms with E-state index in [0.29, 0.717) is 35.4 Å². The number of hydrogen-bond donors (Lipinski definition) is 2. The molecule has 2 heterocycles. The van der Waals surface area contributed by atoms with E-state index in [1.165, 1.54) is 10.9 Å². The second-order valence-electron chi connectivity index (χ2n) is 7.01. The zero-order valence-corrected chi connectivity index (χ0v) is 15.8. The normalized spacial score (nSPS) is 13.9. The molecule has 0 spiro atoms. The van der Waals surface area contributed by atoms with Crippen LogP contribution >= 0.6 is 0 Å². The van der Waals surface area contributed by atoms with E-state index in [9.17, 15) is 9.59 Å². The number of aryl methyl sites for hydroxylation is 1. The lowest BCUT2D eigenvalue weighted by Crippen LogP contribution is -2.23. The van der Waals surface area contributed by atoms with Gasteiger partial charge in [-0.05, 0) is 43.9 Å². The summed E-state index contributed by atoms with van der Waals surface area (Å²) in [5, 5.41) is 10.6. The van der Waals surface area contributed by atoms with Crippen molar-refractivity contribution in [3.05, 3.63) is 51.8 Å². The maximum Gasteiger partial charge on any atom is 0.276 e. The molecule has 0 aliphatic heterocycles. The largest absolute Gasteiger partial charge is 0.383 e. The van der Waals surface area contributed by atoms with Gasteiger partial charge < -0.3 is 10.1 Å². The van der Waals surface area contributed by atoms with Crippen molar-refractivity contribution in [1.82, 2.24) is 19.7 Å². The van der Waals surface area contributed by atoms with Crippen molar-refractivity contribution in [1.29, 1.82) is 0 Å². The Morgan fingerprint density at radius 1 is 1.29 bits per heavy atom. The van der Waals surface area contributed by atoms with Crippen molar-refractivity contribution in [3.63, 3.8) is 0 Å². The molecule has 8 nitrogen and oxygen atoms in total. The highest BCUT2D eigenvalue weighted by Crippen LogP contribution is 2.23. The third kappa shape index (κ3) is 3.55. The molecule has 0 radical (unpaired) electrons. The number of rotatable bonds is 5. The van der Waals surface area contributed by atoms with Crippen LogP contribution in [0.5, 0.6) is 0 Å². The molecule has 0 saturated heterocycles. The molecule has 1 amide bonds. The van der Waals surface area contributed by atoms with Crippen LogP contribution < -0.4 is 10.9 Å². The van der Waals surface area contributed by atoms with Gasteiger partial charge in [0.05, 0.1) is 30.4 Å². The van der Waals surface area contributed by atoms with E-state index in [1.807, 2.05) is 0 Å². The lowest BCUT2D eigenvalue weighted by Gasteiger charge is -2.08. The fourth-order valence-corrected chi connectivity index (χ4v) is 3.62. The number of carbonyl (C=O) groups is 1. The first-order valence-corrected chi connectivity index (χ1v) is 9.53. The fraction of sp³-hybridized carbons (Fsp3) is 0.400. The summed E-state index contributed by atoms with van der Waals surface area (Å²) in [5.74, 6) is -0.262. The number of aromatic amines is 1. The summed E-state index contributed by atoms with van der Waals surface area (Å²) in [5.41, 5.74) is 3.50. The van der Waals surface area contributed by atoms with Gasteiger partial charge >= 0.3 is 0 Å². The van der Waals surface area contributed by atoms with Crippen molar-refractivity contribution >= 4 is 22.5 Å². The molecular formula is C20H23N5O3. The minimum Gasteiger partial charge on any atom is -0.383 e. The van der Waals surface area contributed by atoms with Crippen molar-refractivity contribution in [2.75, 3.05) is 19.0 Å². The molecule has 8 heteroatoms. The minimum atomic E-state index is -0.262. The minimum absolute atomic E-state index is 0.160. The maximum absolute atomic E-state index is 12.8. The lowest BCUT2D eigenvalue weighted by molar-refractivity contribution is 0.102. The lowest BCUT2D eigenvalue weighted by atomic mass is 10.1. The first-order chi connectivity index (χ1) is 13.7. The van der Waals surface area contributed by atoms with Gasteiger partial charge in [0, 0.05) is 24.1 Å². The summed E-state index contributed by atoms with van der Waals surface area (Å²) < 4.78 is 6.54. The van der Waals surface area contributed by atoms with Gasteiger partial charge in [-0.3, -0.25) is 19.3 Å². The number of anilines is 1. The standard InChI is InChI=1S/C20H23N5O3/c1-28-10-9-25-12-21-16-8-7-13(11-15(16)20(25)27)22-19(26)18-14-5-3-2-4-6-17(14)23-24-18/h7-8,11-12H,2-6,9-10H2,1H3,(H,22,26)(H,23,24). The average Bonchev–Trinajstić information content (AvgIpc) is 2.96. The van der Waals surface area contributed by atoms with Crippen LogP contribution in [0.25, 0.3) is 10.9 Å². The Labute approximate surface area is 161 Å². The predicted octanol–water partition coefficient (Wildman–Crippen LogP) is 2.29. The van der Waals surface area contributed by atoms with Gasteiger partial charge in [-0.15, -0.1) is 0 Å². The maximum atomic E-state index is 12.8. The number of amides is 1. The summed E-state index contributed by atoms with van der Waals surface area (Å²) in [6.45, 7) is 0.849. The second-order valence-corrected chi connectivity index (χ2v) is 7.01. The van der Waals surface area contributed by atoms with E-state index in [-0.39, 0.29) is 11.5 Å². The smallest absolute Gasteiger partial charge is 0.276 e. The van der Waals surface area contributed by atoms with E-state index in [0.717, 1.165) is 43.4 Å². The zero-order valence-electron chi connectivity index (χ0n) is 15.8. The van der Waals surface area contributed by atoms with E-state index in [2.05, 4.69) is 20.5 Å². The van der Waals surface area contributed by atoms with Gasteiger partial charge in [-0.1, -0.05) is 6.42 Å². The van der Waals surface area contributed by atoms with Crippen LogP contribution in [0.3, 0.4) is 0 Å². The van der Waals surface area contributed by atoms with Crippen LogP contribution in [-0.4, -0.2) is 39.4 Å². The van der Waals surface area contributed by atoms with Gasteiger partial charge in [0.25, 0.3) is 11.5 Å². The van der Waals surface area contributed by atoms with Gasteiger partial charge in [0.15, 0.2) is 5.69 Å². The zero-order chi connectivity index (χ0) is 19.5. The molecule has 0 bridgehead atoms. The highest BCUT2D eigenvalue weighted by Gasteiger charge is 2.21. The Hall–Kier alpha value is -3.00. The predicted molar refractivity (Wildman–Crippen MR) is 106 cm³/mol. The van der Waals surface area contributed by atoms with Crippen molar-refractivity contribution in [2.45, 2.75) is 38.6 Å². The summed E-state index contributed by atoms with van der Waals surface area (Å²) in [6.07, 6.45) is 6.65. The first-order valence-electron chi connectivity index (χ1n) is 9.53. The molecule has 2 N–H and O–H groups in total. The third-order valence-electron chi connectivity index (χ3n) is 5.14. The Bertz CT molecular complexity index is 1070. The highest BCUT2D eigenvalue weighted by molar-refractivity contribution is 6.04. The highest BCUT2D eigenvalue weighted by atomic mass is 16.5. The molecule has 1 aromatic carbocycles. The molecular weight excluding hydrogens is 358 g/mol. The number of carbonyl (C=O) groups excluding carboxylic acids is 1. The topological polar surface area (TPSA) is 102 Å². The van der Waals surface area contributed by atoms with E-state index in [1.54, 1.807) is 25.3 Å². The quantitative estimate of drug-likeness (QED) is 0.660. The number of H-pyrrole nitrogens is 1. The molecule has 0 saturated carbocycles. The Kier molecular flexibility index (Phi) is 5.21. The molecule has 0 atom stereocenters. The number of ether oxygens (including phenoxy) is 1. The SMILES string of the molecule is COCCn1cnc2ccc(NC(=O)c3n[nH]c4c3CCCCC4)cc2c1=O. The average molecular weight is 381 g/mol. The summed E-state index contributed by atoms with van der Waals surface area (Å²) in [6, 6.07) is 5.15. The molecule has 0 fully saturated rings. The number of hydrogen-bond acceptors (Lipinski definition) is 5. The van der Waals surface area contributed by atoms with Crippen LogP contribution in [0, 0.1) is 0 Å². The Morgan fingerprint density at radius 2 is 2.14 bits per heavy atom. The van der Waals surface area contributed by atoms with Gasteiger partial charge in [-0.2, -0.15) is 5.10 Å². The monoisotopic (exact) mass is 381 g/mol. The van der Waals surface area contributed by atoms with E-state index >= 15 is 0 Å². The van der Waals surface area contributed by atoms with Gasteiger partial charge in [0.2, 0.25) is 0 Å². The number of aromatic nitrogens is 4. The van der Waals surface area contributed by atoms with Gasteiger partial charge in [0.1, 0.15) is 0 Å². The van der Waals surface area contributed by atoms with Crippen LogP contribution in [0.4, 0.5) is 5.69 Å². The summed E-state index contributed by atoms with van der Waals surface area (Å²) in [4.78, 5) is 29.8. The third-order valence-corrected chi connectivity index (χ3v) is 5.14. The van der Waals surface area contributed by atoms with Crippen LogP contribution in [-0.2, 0) is 24.1 Å². The molecule has 146 valence electrons. The number of fused-ring (bicyclic) bond motifs is 2. The van der Waals surface area contributed by atoms with Crippen molar-refractivity contribution < 1.29 is 9.53 Å². The number of methoxy groups -OCH3 is 1. The molecule has 4 rings (SSSR count). The number of nitrogens with one attached hydrogen (secondary N) is 2. The van der Waals surface area contributed by atoms with E-state index < -0.39 is 0 Å². The van der Waals surface area contributed by atoms with Crippen LogP contribution in [0.15, 0.2) is 29.3 Å². The van der Waals surface area contributed by atoms with Crippen molar-refractivity contribution in [3.8, 4) is 0 Å². The number of nitrogens with zero attached hydrogens (tertiary/aromatic N) is 3. The summed E-state index contributed by atoms with van der Waals surface area (Å²) in [7, 11) is 1.59. The molecule has 1 aliphatic rings.